The molecule has 0 saturated heterocycles. The largest absolute Gasteiger partial charge is 0.335 e. The van der Waals surface area contributed by atoms with Crippen LogP contribution in [0, 0.1) is 6.92 Å². The number of aromatic amines is 1. The zero-order valence-electron chi connectivity index (χ0n) is 17.5. The molecule has 0 bridgehead atoms. The third-order valence-electron chi connectivity index (χ3n) is 5.09. The quantitative estimate of drug-likeness (QED) is 0.322. The number of anilines is 1. The fraction of sp³-hybridized carbons (Fsp3) is 0.115. The molecule has 3 aromatic carbocycles. The number of hydrogen-bond acceptors (Lipinski definition) is 3. The van der Waals surface area contributed by atoms with Crippen LogP contribution in [0.15, 0.2) is 72.8 Å². The van der Waals surface area contributed by atoms with E-state index < -0.39 is 0 Å². The molecule has 0 aliphatic heterocycles. The molecule has 31 heavy (non-hydrogen) atoms. The number of H-pyrrole nitrogens is 1. The normalized spacial score (nSPS) is 11.2. The molecule has 5 nitrogen and oxygen atoms in total. The third kappa shape index (κ3) is 4.78. The molecule has 2 N–H and O–H groups in total. The second-order valence-electron chi connectivity index (χ2n) is 7.43. The van der Waals surface area contributed by atoms with Crippen LogP contribution in [-0.2, 0) is 6.42 Å². The van der Waals surface area contributed by atoms with Crippen molar-refractivity contribution in [3.8, 4) is 0 Å². The van der Waals surface area contributed by atoms with Crippen LogP contribution in [0.5, 0.6) is 0 Å². The van der Waals surface area contributed by atoms with Crippen molar-refractivity contribution in [3.63, 3.8) is 0 Å². The zero-order valence-corrected chi connectivity index (χ0v) is 17.5. The standard InChI is InChI=1S/C26H23N3O2/c1-3-18-7-12-21(13-8-18)27-26(31)20-10-5-19(6-11-20)9-15-24(30)25-28-22-14-4-17(2)16-23(22)29-25/h4-16H,3H2,1-2H3,(H,27,31)(H,28,29). The lowest BCUT2D eigenvalue weighted by Gasteiger charge is -2.06. The Balaban J connectivity index is 1.41. The number of aryl methyl sites for hydroxylation is 2. The molecule has 0 saturated carbocycles. The van der Waals surface area contributed by atoms with Crippen molar-refractivity contribution in [1.82, 2.24) is 9.97 Å². The van der Waals surface area contributed by atoms with Gasteiger partial charge in [0.15, 0.2) is 5.82 Å². The maximum absolute atomic E-state index is 12.5. The molecule has 1 heterocycles. The molecule has 0 aliphatic carbocycles. The van der Waals surface area contributed by atoms with Gasteiger partial charge >= 0.3 is 0 Å². The summed E-state index contributed by atoms with van der Waals surface area (Å²) in [7, 11) is 0. The van der Waals surface area contributed by atoms with E-state index in [0.29, 0.717) is 11.4 Å². The number of nitrogens with zero attached hydrogens (tertiary/aromatic N) is 1. The number of rotatable bonds is 6. The minimum absolute atomic E-state index is 0.173. The Bertz CT molecular complexity index is 1270. The average molecular weight is 409 g/mol. The summed E-state index contributed by atoms with van der Waals surface area (Å²) in [4.78, 5) is 32.3. The molecule has 0 spiro atoms. The van der Waals surface area contributed by atoms with Crippen LogP contribution in [-0.4, -0.2) is 21.7 Å². The number of carbonyl (C=O) groups is 2. The van der Waals surface area contributed by atoms with Crippen LogP contribution < -0.4 is 5.32 Å². The first-order chi connectivity index (χ1) is 15.0. The van der Waals surface area contributed by atoms with Gasteiger partial charge in [-0.1, -0.05) is 43.3 Å². The van der Waals surface area contributed by atoms with Crippen LogP contribution in [0.4, 0.5) is 5.69 Å². The molecular formula is C26H23N3O2. The van der Waals surface area contributed by atoms with E-state index >= 15 is 0 Å². The number of aromatic nitrogens is 2. The van der Waals surface area contributed by atoms with E-state index in [1.807, 2.05) is 49.4 Å². The Morgan fingerprint density at radius 3 is 2.45 bits per heavy atom. The molecule has 5 heteroatoms. The summed E-state index contributed by atoms with van der Waals surface area (Å²) in [5.41, 5.74) is 6.07. The smallest absolute Gasteiger partial charge is 0.255 e. The Kier molecular flexibility index (Phi) is 5.76. The van der Waals surface area contributed by atoms with Crippen LogP contribution in [0.1, 0.15) is 44.6 Å². The van der Waals surface area contributed by atoms with Gasteiger partial charge in [0.05, 0.1) is 11.0 Å². The number of hydrogen-bond donors (Lipinski definition) is 2. The van der Waals surface area contributed by atoms with Gasteiger partial charge in [-0.25, -0.2) is 4.98 Å². The lowest BCUT2D eigenvalue weighted by molar-refractivity contribution is 0.102. The van der Waals surface area contributed by atoms with E-state index in [4.69, 9.17) is 0 Å². The molecule has 154 valence electrons. The Morgan fingerprint density at radius 2 is 1.74 bits per heavy atom. The summed E-state index contributed by atoms with van der Waals surface area (Å²) in [6.45, 7) is 4.09. The highest BCUT2D eigenvalue weighted by Crippen LogP contribution is 2.15. The summed E-state index contributed by atoms with van der Waals surface area (Å²) in [6.07, 6.45) is 4.16. The van der Waals surface area contributed by atoms with E-state index in [1.165, 1.54) is 11.6 Å². The number of nitrogens with one attached hydrogen (secondary N) is 2. The molecular weight excluding hydrogens is 386 g/mol. The molecule has 1 aromatic heterocycles. The number of fused-ring (bicyclic) bond motifs is 1. The minimum atomic E-state index is -0.203. The van der Waals surface area contributed by atoms with Crippen molar-refractivity contribution in [1.29, 1.82) is 0 Å². The molecule has 4 rings (SSSR count). The van der Waals surface area contributed by atoms with Gasteiger partial charge in [0.2, 0.25) is 5.78 Å². The molecule has 1 amide bonds. The summed E-state index contributed by atoms with van der Waals surface area (Å²) in [6, 6.07) is 20.7. The van der Waals surface area contributed by atoms with E-state index in [2.05, 4.69) is 22.2 Å². The fourth-order valence-corrected chi connectivity index (χ4v) is 3.26. The SMILES string of the molecule is CCc1ccc(NC(=O)c2ccc(C=CC(=O)c3nc4ccc(C)cc4[nH]3)cc2)cc1. The van der Waals surface area contributed by atoms with E-state index in [9.17, 15) is 9.59 Å². The van der Waals surface area contributed by atoms with Gasteiger partial charge in [-0.05, 0) is 72.5 Å². The Hall–Kier alpha value is -3.99. The summed E-state index contributed by atoms with van der Waals surface area (Å²) >= 11 is 0. The van der Waals surface area contributed by atoms with Gasteiger partial charge in [-0.15, -0.1) is 0 Å². The molecule has 4 aromatic rings. The van der Waals surface area contributed by atoms with Crippen molar-refractivity contribution in [2.75, 3.05) is 5.32 Å². The lowest BCUT2D eigenvalue weighted by atomic mass is 10.1. The predicted octanol–water partition coefficient (Wildman–Crippen LogP) is 5.58. The highest BCUT2D eigenvalue weighted by Gasteiger charge is 2.09. The van der Waals surface area contributed by atoms with Gasteiger partial charge < -0.3 is 10.3 Å². The van der Waals surface area contributed by atoms with Crippen LogP contribution in [0.3, 0.4) is 0 Å². The van der Waals surface area contributed by atoms with Crippen molar-refractivity contribution in [3.05, 3.63) is 101 Å². The van der Waals surface area contributed by atoms with Gasteiger partial charge in [0, 0.05) is 11.3 Å². The Morgan fingerprint density at radius 1 is 1.00 bits per heavy atom. The van der Waals surface area contributed by atoms with E-state index in [1.54, 1.807) is 30.3 Å². The van der Waals surface area contributed by atoms with Gasteiger partial charge in [0.25, 0.3) is 5.91 Å². The summed E-state index contributed by atoms with van der Waals surface area (Å²) in [5, 5.41) is 2.89. The average Bonchev–Trinajstić information content (AvgIpc) is 3.21. The molecule has 0 aliphatic rings. The molecule has 0 fully saturated rings. The highest BCUT2D eigenvalue weighted by molar-refractivity contribution is 6.06. The van der Waals surface area contributed by atoms with Gasteiger partial charge in [0.1, 0.15) is 0 Å². The summed E-state index contributed by atoms with van der Waals surface area (Å²) in [5.74, 6) is -0.0680. The number of allylic oxidation sites excluding steroid dienone is 1. The highest BCUT2D eigenvalue weighted by atomic mass is 16.1. The lowest BCUT2D eigenvalue weighted by Crippen LogP contribution is -2.11. The fourth-order valence-electron chi connectivity index (χ4n) is 3.26. The van der Waals surface area contributed by atoms with Crippen molar-refractivity contribution < 1.29 is 9.59 Å². The second kappa shape index (κ2) is 8.79. The van der Waals surface area contributed by atoms with Crippen molar-refractivity contribution in [2.24, 2.45) is 0 Å². The second-order valence-corrected chi connectivity index (χ2v) is 7.43. The minimum Gasteiger partial charge on any atom is -0.335 e. The Labute approximate surface area is 180 Å². The zero-order chi connectivity index (χ0) is 21.8. The third-order valence-corrected chi connectivity index (χ3v) is 5.09. The monoisotopic (exact) mass is 409 g/mol. The maximum atomic E-state index is 12.5. The van der Waals surface area contributed by atoms with Gasteiger partial charge in [-0.2, -0.15) is 0 Å². The number of imidazole rings is 1. The molecule has 0 radical (unpaired) electrons. The van der Waals surface area contributed by atoms with Crippen LogP contribution in [0.2, 0.25) is 0 Å². The number of carbonyl (C=O) groups excluding carboxylic acids is 2. The van der Waals surface area contributed by atoms with Crippen LogP contribution in [0.25, 0.3) is 17.1 Å². The number of amides is 1. The van der Waals surface area contributed by atoms with E-state index in [-0.39, 0.29) is 11.7 Å². The molecule has 0 unspecified atom stereocenters. The predicted molar refractivity (Wildman–Crippen MR) is 124 cm³/mol. The maximum Gasteiger partial charge on any atom is 0.255 e. The van der Waals surface area contributed by atoms with E-state index in [0.717, 1.165) is 34.3 Å². The molecule has 0 atom stereocenters. The number of benzene rings is 3. The van der Waals surface area contributed by atoms with Crippen molar-refractivity contribution >= 4 is 34.5 Å². The van der Waals surface area contributed by atoms with Crippen LogP contribution >= 0.6 is 0 Å². The first-order valence-electron chi connectivity index (χ1n) is 10.2. The number of ketones is 1. The topological polar surface area (TPSA) is 74.8 Å². The first-order valence-corrected chi connectivity index (χ1v) is 10.2. The van der Waals surface area contributed by atoms with Gasteiger partial charge in [-0.3, -0.25) is 9.59 Å². The summed E-state index contributed by atoms with van der Waals surface area (Å²) < 4.78 is 0. The van der Waals surface area contributed by atoms with Crippen molar-refractivity contribution in [2.45, 2.75) is 20.3 Å². The first kappa shape index (κ1) is 20.3.